The van der Waals surface area contributed by atoms with Gasteiger partial charge in [0.05, 0.1) is 26.8 Å². The molecule has 0 unspecified atom stereocenters. The normalized spacial score (nSPS) is 10.7. The maximum atomic E-state index is 12.3. The van der Waals surface area contributed by atoms with Crippen LogP contribution in [0.2, 0.25) is 0 Å². The summed E-state index contributed by atoms with van der Waals surface area (Å²) in [6.07, 6.45) is 3.08. The van der Waals surface area contributed by atoms with E-state index in [0.717, 1.165) is 26.8 Å². The average molecular weight is 328 g/mol. The highest BCUT2D eigenvalue weighted by Gasteiger charge is 2.14. The number of carbonyl (C=O) groups is 1. The van der Waals surface area contributed by atoms with Crippen molar-refractivity contribution in [3.8, 4) is 5.69 Å². The number of aromatic nitrogens is 4. The summed E-state index contributed by atoms with van der Waals surface area (Å²) in [6, 6.07) is 5.45. The Morgan fingerprint density at radius 3 is 2.74 bits per heavy atom. The lowest BCUT2D eigenvalue weighted by molar-refractivity contribution is 0.0475. The first-order chi connectivity index (χ1) is 11.0. The second-order valence-electron chi connectivity index (χ2n) is 5.16. The maximum Gasteiger partial charge on any atom is 0.338 e. The van der Waals surface area contributed by atoms with E-state index in [1.54, 1.807) is 28.4 Å². The summed E-state index contributed by atoms with van der Waals surface area (Å²) in [5.41, 5.74) is 3.15. The molecule has 0 bridgehead atoms. The smallest absolute Gasteiger partial charge is 0.338 e. The molecule has 0 radical (unpaired) electrons. The summed E-state index contributed by atoms with van der Waals surface area (Å²) >= 11 is 1.55. The van der Waals surface area contributed by atoms with Crippen molar-refractivity contribution in [1.82, 2.24) is 19.7 Å². The van der Waals surface area contributed by atoms with Crippen LogP contribution in [0.5, 0.6) is 0 Å². The Morgan fingerprint density at radius 2 is 2.13 bits per heavy atom. The minimum Gasteiger partial charge on any atom is -0.456 e. The van der Waals surface area contributed by atoms with E-state index < -0.39 is 0 Å². The van der Waals surface area contributed by atoms with Gasteiger partial charge in [0, 0.05) is 0 Å². The Bertz CT molecular complexity index is 840. The fraction of sp³-hybridized carbons (Fsp3) is 0.250. The van der Waals surface area contributed by atoms with E-state index in [2.05, 4.69) is 15.1 Å². The van der Waals surface area contributed by atoms with Crippen LogP contribution in [-0.2, 0) is 11.3 Å². The largest absolute Gasteiger partial charge is 0.456 e. The molecule has 3 rings (SSSR count). The fourth-order valence-electron chi connectivity index (χ4n) is 2.28. The van der Waals surface area contributed by atoms with Crippen LogP contribution in [0.3, 0.4) is 0 Å². The van der Waals surface area contributed by atoms with E-state index in [1.807, 2.05) is 32.9 Å². The molecule has 0 aliphatic carbocycles. The first-order valence-electron chi connectivity index (χ1n) is 7.10. The van der Waals surface area contributed by atoms with Crippen molar-refractivity contribution in [2.75, 3.05) is 0 Å². The highest BCUT2D eigenvalue weighted by molar-refractivity contribution is 7.11. The van der Waals surface area contributed by atoms with Crippen LogP contribution in [0, 0.1) is 20.8 Å². The van der Waals surface area contributed by atoms with Crippen molar-refractivity contribution >= 4 is 17.3 Å². The first kappa shape index (κ1) is 15.4. The van der Waals surface area contributed by atoms with Crippen molar-refractivity contribution < 1.29 is 9.53 Å². The number of nitrogens with zero attached hydrogens (tertiary/aromatic N) is 4. The van der Waals surface area contributed by atoms with Crippen LogP contribution in [0.15, 0.2) is 30.9 Å². The molecule has 7 heteroatoms. The molecular weight excluding hydrogens is 312 g/mol. The predicted molar refractivity (Wildman–Crippen MR) is 86.8 cm³/mol. The molecule has 3 aromatic rings. The molecule has 0 amide bonds. The van der Waals surface area contributed by atoms with E-state index >= 15 is 0 Å². The molecule has 6 nitrogen and oxygen atoms in total. The molecule has 0 spiro atoms. The van der Waals surface area contributed by atoms with Gasteiger partial charge in [-0.15, -0.1) is 11.3 Å². The summed E-state index contributed by atoms with van der Waals surface area (Å²) in [4.78, 5) is 21.5. The Labute approximate surface area is 137 Å². The van der Waals surface area contributed by atoms with Crippen LogP contribution >= 0.6 is 11.3 Å². The standard InChI is InChI=1S/C16H16N4O2S/c1-10-6-13(20-9-17-8-18-20)4-5-14(10)16(21)22-7-15-11(2)19-12(3)23-15/h4-6,8-9H,7H2,1-3H3. The molecule has 0 atom stereocenters. The zero-order valence-corrected chi connectivity index (χ0v) is 13.9. The summed E-state index contributed by atoms with van der Waals surface area (Å²) in [6.45, 7) is 5.99. The van der Waals surface area contributed by atoms with Crippen LogP contribution in [-0.4, -0.2) is 25.7 Å². The fourth-order valence-corrected chi connectivity index (χ4v) is 3.13. The van der Waals surface area contributed by atoms with Crippen LogP contribution in [0.1, 0.15) is 31.5 Å². The lowest BCUT2D eigenvalue weighted by atomic mass is 10.1. The highest BCUT2D eigenvalue weighted by atomic mass is 32.1. The molecule has 0 fully saturated rings. The molecule has 2 heterocycles. The topological polar surface area (TPSA) is 69.9 Å². The van der Waals surface area contributed by atoms with E-state index in [1.165, 1.54) is 6.33 Å². The van der Waals surface area contributed by atoms with Crippen molar-refractivity contribution in [3.63, 3.8) is 0 Å². The molecular formula is C16H16N4O2S. The minimum absolute atomic E-state index is 0.250. The third-order valence-corrected chi connectivity index (χ3v) is 4.49. The van der Waals surface area contributed by atoms with Crippen molar-refractivity contribution in [1.29, 1.82) is 0 Å². The zero-order valence-electron chi connectivity index (χ0n) is 13.1. The number of ether oxygens (including phenoxy) is 1. The Balaban J connectivity index is 1.73. The molecule has 0 saturated carbocycles. The van der Waals surface area contributed by atoms with Crippen molar-refractivity contribution in [3.05, 3.63) is 57.6 Å². The first-order valence-corrected chi connectivity index (χ1v) is 7.92. The van der Waals surface area contributed by atoms with E-state index in [0.29, 0.717) is 5.56 Å². The average Bonchev–Trinajstić information content (AvgIpc) is 3.14. The monoisotopic (exact) mass is 328 g/mol. The molecule has 118 valence electrons. The Hall–Kier alpha value is -2.54. The number of thiazole rings is 1. The van der Waals surface area contributed by atoms with E-state index in [4.69, 9.17) is 4.74 Å². The maximum absolute atomic E-state index is 12.3. The summed E-state index contributed by atoms with van der Waals surface area (Å²) in [7, 11) is 0. The van der Waals surface area contributed by atoms with Crippen LogP contribution in [0.25, 0.3) is 5.69 Å². The number of hydrogen-bond acceptors (Lipinski definition) is 6. The highest BCUT2D eigenvalue weighted by Crippen LogP contribution is 2.20. The van der Waals surface area contributed by atoms with Gasteiger partial charge < -0.3 is 4.74 Å². The third-order valence-electron chi connectivity index (χ3n) is 3.45. The molecule has 1 aromatic carbocycles. The van der Waals surface area contributed by atoms with Crippen molar-refractivity contribution in [2.24, 2.45) is 0 Å². The number of carbonyl (C=O) groups excluding carboxylic acids is 1. The van der Waals surface area contributed by atoms with Gasteiger partial charge in [0.2, 0.25) is 0 Å². The van der Waals surface area contributed by atoms with Crippen molar-refractivity contribution in [2.45, 2.75) is 27.4 Å². The quantitative estimate of drug-likeness (QED) is 0.689. The van der Waals surface area contributed by atoms with Gasteiger partial charge in [0.25, 0.3) is 0 Å². The minimum atomic E-state index is -0.335. The summed E-state index contributed by atoms with van der Waals surface area (Å²) in [5, 5.41) is 5.05. The molecule has 2 aromatic heterocycles. The molecule has 23 heavy (non-hydrogen) atoms. The lowest BCUT2D eigenvalue weighted by Gasteiger charge is -2.08. The summed E-state index contributed by atoms with van der Waals surface area (Å²) in [5.74, 6) is -0.335. The molecule has 0 aliphatic rings. The number of rotatable bonds is 4. The van der Waals surface area contributed by atoms with Gasteiger partial charge >= 0.3 is 5.97 Å². The molecule has 0 aliphatic heterocycles. The Morgan fingerprint density at radius 1 is 1.30 bits per heavy atom. The van der Waals surface area contributed by atoms with Gasteiger partial charge in [-0.1, -0.05) is 0 Å². The van der Waals surface area contributed by atoms with Gasteiger partial charge in [0.15, 0.2) is 0 Å². The second-order valence-corrected chi connectivity index (χ2v) is 6.44. The lowest BCUT2D eigenvalue weighted by Crippen LogP contribution is -2.08. The molecule has 0 saturated heterocycles. The van der Waals surface area contributed by atoms with Crippen LogP contribution < -0.4 is 0 Å². The van der Waals surface area contributed by atoms with E-state index in [-0.39, 0.29) is 12.6 Å². The van der Waals surface area contributed by atoms with Gasteiger partial charge in [-0.3, -0.25) is 0 Å². The third kappa shape index (κ3) is 3.29. The molecule has 0 N–H and O–H groups in total. The van der Waals surface area contributed by atoms with E-state index in [9.17, 15) is 4.79 Å². The zero-order chi connectivity index (χ0) is 16.4. The second kappa shape index (κ2) is 6.29. The number of aryl methyl sites for hydroxylation is 3. The number of benzene rings is 1. The van der Waals surface area contributed by atoms with Gasteiger partial charge in [-0.05, 0) is 44.5 Å². The number of esters is 1. The predicted octanol–water partition coefficient (Wildman–Crippen LogP) is 3.01. The number of hydrogen-bond donors (Lipinski definition) is 0. The van der Waals surface area contributed by atoms with Gasteiger partial charge in [-0.2, -0.15) is 5.10 Å². The van der Waals surface area contributed by atoms with Gasteiger partial charge in [-0.25, -0.2) is 19.4 Å². The van der Waals surface area contributed by atoms with Crippen LogP contribution in [0.4, 0.5) is 0 Å². The SMILES string of the molecule is Cc1nc(C)c(COC(=O)c2ccc(-n3cncn3)cc2C)s1. The summed E-state index contributed by atoms with van der Waals surface area (Å²) < 4.78 is 7.06. The Kier molecular flexibility index (Phi) is 4.20. The van der Waals surface area contributed by atoms with Gasteiger partial charge in [0.1, 0.15) is 19.3 Å².